The third kappa shape index (κ3) is 2.97. The molecule has 106 valence electrons. The van der Waals surface area contributed by atoms with Gasteiger partial charge in [0.1, 0.15) is 0 Å². The monoisotopic (exact) mass is 287 g/mol. The number of carbonyl (C=O) groups excluding carboxylic acids is 1. The molecule has 0 bridgehead atoms. The molecule has 1 heterocycles. The van der Waals surface area contributed by atoms with Crippen LogP contribution in [0.5, 0.6) is 0 Å². The number of fused-ring (bicyclic) bond motifs is 1. The number of nitrogens with zero attached hydrogens (tertiary/aromatic N) is 1. The Morgan fingerprint density at radius 1 is 1.00 bits per heavy atom. The zero-order valence-electron chi connectivity index (χ0n) is 12.0. The van der Waals surface area contributed by atoms with E-state index in [1.807, 2.05) is 30.3 Å². The maximum Gasteiger partial charge on any atom is 0.337 e. The molecule has 0 aliphatic rings. The predicted molar refractivity (Wildman–Crippen MR) is 85.5 cm³/mol. The molecule has 1 aromatic heterocycles. The van der Waals surface area contributed by atoms with Gasteiger partial charge in [-0.25, -0.2) is 4.79 Å². The van der Waals surface area contributed by atoms with Gasteiger partial charge >= 0.3 is 5.97 Å². The molecule has 2 aromatic carbocycles. The summed E-state index contributed by atoms with van der Waals surface area (Å²) in [7, 11) is 1.36. The average molecular weight is 287 g/mol. The number of rotatable bonds is 1. The first-order valence-electron chi connectivity index (χ1n) is 6.81. The molecule has 3 nitrogen and oxygen atoms in total. The van der Waals surface area contributed by atoms with E-state index < -0.39 is 0 Å². The molecule has 0 aliphatic heterocycles. The van der Waals surface area contributed by atoms with E-state index in [4.69, 9.17) is 0 Å². The first-order chi connectivity index (χ1) is 10.8. The van der Waals surface area contributed by atoms with E-state index in [1.54, 1.807) is 30.5 Å². The van der Waals surface area contributed by atoms with Crippen molar-refractivity contribution >= 4 is 16.9 Å². The average Bonchev–Trinajstić information content (AvgIpc) is 2.59. The third-order valence-electron chi connectivity index (χ3n) is 3.25. The molecular formula is C19H13NO2. The highest BCUT2D eigenvalue weighted by Crippen LogP contribution is 2.12. The Morgan fingerprint density at radius 2 is 1.73 bits per heavy atom. The van der Waals surface area contributed by atoms with E-state index in [-0.39, 0.29) is 5.97 Å². The lowest BCUT2D eigenvalue weighted by Crippen LogP contribution is -2.00. The summed E-state index contributed by atoms with van der Waals surface area (Å²) in [6.07, 6.45) is 1.76. The lowest BCUT2D eigenvalue weighted by molar-refractivity contribution is 0.0601. The lowest BCUT2D eigenvalue weighted by atomic mass is 10.1. The molecule has 0 unspecified atom stereocenters. The van der Waals surface area contributed by atoms with Crippen molar-refractivity contribution in [2.75, 3.05) is 7.11 Å². The summed E-state index contributed by atoms with van der Waals surface area (Å²) < 4.78 is 4.66. The molecule has 0 aliphatic carbocycles. The van der Waals surface area contributed by atoms with Gasteiger partial charge in [-0.15, -0.1) is 0 Å². The number of pyridine rings is 1. The molecule has 3 heteroatoms. The minimum absolute atomic E-state index is 0.349. The van der Waals surface area contributed by atoms with Gasteiger partial charge in [-0.05, 0) is 36.4 Å². The molecule has 0 radical (unpaired) electrons. The van der Waals surface area contributed by atoms with Gasteiger partial charge in [-0.1, -0.05) is 30.0 Å². The van der Waals surface area contributed by atoms with Crippen LogP contribution < -0.4 is 0 Å². The molecular weight excluding hydrogens is 274 g/mol. The Labute approximate surface area is 128 Å². The van der Waals surface area contributed by atoms with Crippen molar-refractivity contribution in [3.8, 4) is 11.8 Å². The highest BCUT2D eigenvalue weighted by atomic mass is 16.5. The number of aromatic nitrogens is 1. The van der Waals surface area contributed by atoms with Crippen LogP contribution in [0.2, 0.25) is 0 Å². The van der Waals surface area contributed by atoms with Gasteiger partial charge in [-0.2, -0.15) is 0 Å². The quantitative estimate of drug-likeness (QED) is 0.508. The normalized spacial score (nSPS) is 9.86. The van der Waals surface area contributed by atoms with Crippen LogP contribution in [0, 0.1) is 11.8 Å². The Kier molecular flexibility index (Phi) is 3.84. The number of esters is 1. The van der Waals surface area contributed by atoms with Gasteiger partial charge in [0.05, 0.1) is 18.2 Å². The van der Waals surface area contributed by atoms with Crippen molar-refractivity contribution in [1.29, 1.82) is 0 Å². The van der Waals surface area contributed by atoms with Crippen LogP contribution in [0.15, 0.2) is 60.8 Å². The molecule has 0 saturated heterocycles. The van der Waals surface area contributed by atoms with Gasteiger partial charge < -0.3 is 4.74 Å². The van der Waals surface area contributed by atoms with Crippen molar-refractivity contribution in [2.45, 2.75) is 0 Å². The van der Waals surface area contributed by atoms with E-state index in [0.29, 0.717) is 5.56 Å². The molecule has 22 heavy (non-hydrogen) atoms. The summed E-state index contributed by atoms with van der Waals surface area (Å²) in [5.41, 5.74) is 3.16. The number of benzene rings is 2. The van der Waals surface area contributed by atoms with Gasteiger partial charge in [-0.3, -0.25) is 4.98 Å². The second-order valence-corrected chi connectivity index (χ2v) is 4.74. The molecule has 0 N–H and O–H groups in total. The largest absolute Gasteiger partial charge is 0.465 e. The molecule has 0 spiro atoms. The van der Waals surface area contributed by atoms with Crippen LogP contribution in [0.25, 0.3) is 10.9 Å². The summed E-state index contributed by atoms with van der Waals surface area (Å²) in [6, 6.07) is 16.9. The van der Waals surface area contributed by atoms with Gasteiger partial charge in [0.15, 0.2) is 0 Å². The summed E-state index contributed by atoms with van der Waals surface area (Å²) in [6.45, 7) is 0. The van der Waals surface area contributed by atoms with Crippen molar-refractivity contribution in [3.05, 3.63) is 77.5 Å². The minimum atomic E-state index is -0.349. The maximum absolute atomic E-state index is 11.4. The smallest absolute Gasteiger partial charge is 0.337 e. The Balaban J connectivity index is 1.86. The molecule has 0 atom stereocenters. The van der Waals surface area contributed by atoms with E-state index in [9.17, 15) is 4.79 Å². The Morgan fingerprint density at radius 3 is 2.50 bits per heavy atom. The van der Waals surface area contributed by atoms with Crippen LogP contribution in [0.4, 0.5) is 0 Å². The van der Waals surface area contributed by atoms with E-state index >= 15 is 0 Å². The third-order valence-corrected chi connectivity index (χ3v) is 3.25. The van der Waals surface area contributed by atoms with Crippen LogP contribution in [0.1, 0.15) is 21.5 Å². The van der Waals surface area contributed by atoms with E-state index in [2.05, 4.69) is 21.6 Å². The highest BCUT2D eigenvalue weighted by molar-refractivity contribution is 5.89. The SMILES string of the molecule is COC(=O)c1ccc(C#Cc2cnc3ccccc3c2)cc1. The fourth-order valence-corrected chi connectivity index (χ4v) is 2.09. The predicted octanol–water partition coefficient (Wildman–Crippen LogP) is 3.42. The fourth-order valence-electron chi connectivity index (χ4n) is 2.09. The Hall–Kier alpha value is -3.12. The van der Waals surface area contributed by atoms with Crippen molar-refractivity contribution in [3.63, 3.8) is 0 Å². The second-order valence-electron chi connectivity index (χ2n) is 4.74. The molecule has 3 aromatic rings. The summed E-state index contributed by atoms with van der Waals surface area (Å²) in [4.78, 5) is 15.7. The van der Waals surface area contributed by atoms with Crippen LogP contribution in [-0.4, -0.2) is 18.1 Å². The van der Waals surface area contributed by atoms with Crippen LogP contribution >= 0.6 is 0 Å². The van der Waals surface area contributed by atoms with Gasteiger partial charge in [0.2, 0.25) is 0 Å². The summed E-state index contributed by atoms with van der Waals surface area (Å²) in [5, 5.41) is 1.07. The molecule has 0 saturated carbocycles. The summed E-state index contributed by atoms with van der Waals surface area (Å²) in [5.74, 6) is 5.81. The van der Waals surface area contributed by atoms with Crippen LogP contribution in [0.3, 0.4) is 0 Å². The highest BCUT2D eigenvalue weighted by Gasteiger charge is 2.03. The Bertz CT molecular complexity index is 886. The van der Waals surface area contributed by atoms with Crippen LogP contribution in [-0.2, 0) is 4.74 Å². The zero-order valence-corrected chi connectivity index (χ0v) is 12.0. The number of hydrogen-bond acceptors (Lipinski definition) is 3. The maximum atomic E-state index is 11.4. The zero-order chi connectivity index (χ0) is 15.4. The lowest BCUT2D eigenvalue weighted by Gasteiger charge is -1.98. The van der Waals surface area contributed by atoms with Gasteiger partial charge in [0, 0.05) is 22.7 Å². The van der Waals surface area contributed by atoms with Gasteiger partial charge in [0.25, 0.3) is 0 Å². The van der Waals surface area contributed by atoms with Crippen molar-refractivity contribution in [2.24, 2.45) is 0 Å². The first-order valence-corrected chi connectivity index (χ1v) is 6.81. The minimum Gasteiger partial charge on any atom is -0.465 e. The first kappa shape index (κ1) is 13.8. The molecule has 0 amide bonds. The topological polar surface area (TPSA) is 39.2 Å². The number of carbonyl (C=O) groups is 1. The number of para-hydroxylation sites is 1. The number of hydrogen-bond donors (Lipinski definition) is 0. The molecule has 0 fully saturated rings. The van der Waals surface area contributed by atoms with Crippen molar-refractivity contribution in [1.82, 2.24) is 4.98 Å². The second kappa shape index (κ2) is 6.11. The standard InChI is InChI=1S/C19H13NO2/c1-22-19(21)16-10-8-14(9-11-16)6-7-15-12-17-4-2-3-5-18(17)20-13-15/h2-5,8-13H,1H3. The fraction of sp³-hybridized carbons (Fsp3) is 0.0526. The summed E-state index contributed by atoms with van der Waals surface area (Å²) >= 11 is 0. The number of ether oxygens (including phenoxy) is 1. The van der Waals surface area contributed by atoms with E-state index in [1.165, 1.54) is 7.11 Å². The number of methoxy groups -OCH3 is 1. The van der Waals surface area contributed by atoms with Crippen molar-refractivity contribution < 1.29 is 9.53 Å². The van der Waals surface area contributed by atoms with E-state index in [0.717, 1.165) is 22.0 Å². The molecule has 3 rings (SSSR count).